The Balaban J connectivity index is 4.95. The maximum Gasteiger partial charge on any atom is 0.435 e. The Kier molecular flexibility index (Phi) is 4.42. The monoisotopic (exact) mass is 296 g/mol. The van der Waals surface area contributed by atoms with Crippen LogP contribution in [-0.4, -0.2) is 36.7 Å². The smallest absolute Gasteiger partial charge is 0.435 e. The largest absolute Gasteiger partial charge is 0.459 e. The molecule has 0 radical (unpaired) electrons. The molecule has 5 nitrogen and oxygen atoms in total. The van der Waals surface area contributed by atoms with Gasteiger partial charge in [-0.15, -0.1) is 0 Å². The summed E-state index contributed by atoms with van der Waals surface area (Å²) >= 11 is 0. The standard InChI is InChI=1S/C8H12F4O5S/c1-6(2,3)5(13)17-4-7(9,10)8(11,12)18(14,15)16/h4H2,1-3H3,(H,14,15,16). The van der Waals surface area contributed by atoms with Crippen LogP contribution in [0.5, 0.6) is 0 Å². The number of hydrogen-bond donors (Lipinski definition) is 1. The van der Waals surface area contributed by atoms with Gasteiger partial charge in [0.05, 0.1) is 5.41 Å². The predicted octanol–water partition coefficient (Wildman–Crippen LogP) is 1.69. The fourth-order valence-corrected chi connectivity index (χ4v) is 1.08. The molecule has 18 heavy (non-hydrogen) atoms. The lowest BCUT2D eigenvalue weighted by Gasteiger charge is -2.25. The minimum absolute atomic E-state index is 1.21. The van der Waals surface area contributed by atoms with Gasteiger partial charge in [0, 0.05) is 0 Å². The van der Waals surface area contributed by atoms with Gasteiger partial charge in [0.15, 0.2) is 6.61 Å². The maximum absolute atomic E-state index is 12.9. The lowest BCUT2D eigenvalue weighted by molar-refractivity contribution is -0.200. The van der Waals surface area contributed by atoms with Gasteiger partial charge >= 0.3 is 27.3 Å². The van der Waals surface area contributed by atoms with Gasteiger partial charge in [-0.05, 0) is 20.8 Å². The molecular formula is C8H12F4O5S. The van der Waals surface area contributed by atoms with Crippen LogP contribution in [0.15, 0.2) is 0 Å². The lowest BCUT2D eigenvalue weighted by atomic mass is 9.97. The molecule has 0 aliphatic carbocycles. The molecule has 0 unspecified atom stereocenters. The van der Waals surface area contributed by atoms with E-state index in [-0.39, 0.29) is 0 Å². The van der Waals surface area contributed by atoms with E-state index in [0.717, 1.165) is 0 Å². The highest BCUT2D eigenvalue weighted by Gasteiger charge is 2.66. The van der Waals surface area contributed by atoms with E-state index in [1.807, 2.05) is 0 Å². The summed E-state index contributed by atoms with van der Waals surface area (Å²) in [4.78, 5) is 11.1. The zero-order chi connectivity index (χ0) is 15.0. The van der Waals surface area contributed by atoms with Crippen LogP contribution in [0.3, 0.4) is 0 Å². The van der Waals surface area contributed by atoms with Gasteiger partial charge in [0.25, 0.3) is 0 Å². The molecule has 0 rings (SSSR count). The van der Waals surface area contributed by atoms with Crippen molar-refractivity contribution in [2.75, 3.05) is 6.61 Å². The summed E-state index contributed by atoms with van der Waals surface area (Å²) in [7, 11) is -6.32. The average Bonchev–Trinajstić information content (AvgIpc) is 2.10. The van der Waals surface area contributed by atoms with Gasteiger partial charge in [0.2, 0.25) is 0 Å². The van der Waals surface area contributed by atoms with Crippen molar-refractivity contribution in [2.24, 2.45) is 5.41 Å². The maximum atomic E-state index is 12.9. The molecule has 0 fully saturated rings. The first kappa shape index (κ1) is 17.1. The zero-order valence-corrected chi connectivity index (χ0v) is 10.5. The molecule has 0 atom stereocenters. The number of esters is 1. The molecule has 10 heteroatoms. The number of carbonyl (C=O) groups excluding carboxylic acids is 1. The summed E-state index contributed by atoms with van der Waals surface area (Å²) < 4.78 is 83.3. The summed E-state index contributed by atoms with van der Waals surface area (Å²) in [6, 6.07) is 0. The van der Waals surface area contributed by atoms with E-state index in [1.165, 1.54) is 20.8 Å². The Morgan fingerprint density at radius 2 is 1.56 bits per heavy atom. The molecule has 0 saturated carbocycles. The molecule has 0 spiro atoms. The summed E-state index contributed by atoms with van der Waals surface area (Å²) in [5.74, 6) is -6.45. The van der Waals surface area contributed by atoms with E-state index in [9.17, 15) is 30.8 Å². The molecule has 0 aromatic heterocycles. The molecule has 0 bridgehead atoms. The highest BCUT2D eigenvalue weighted by Crippen LogP contribution is 2.38. The highest BCUT2D eigenvalue weighted by molar-refractivity contribution is 7.87. The van der Waals surface area contributed by atoms with Crippen molar-refractivity contribution in [1.82, 2.24) is 0 Å². The molecule has 0 amide bonds. The average molecular weight is 296 g/mol. The van der Waals surface area contributed by atoms with E-state index in [2.05, 4.69) is 4.74 Å². The van der Waals surface area contributed by atoms with Crippen LogP contribution in [0.25, 0.3) is 0 Å². The van der Waals surface area contributed by atoms with Crippen molar-refractivity contribution in [3.8, 4) is 0 Å². The molecule has 108 valence electrons. The molecule has 0 aromatic carbocycles. The van der Waals surface area contributed by atoms with Gasteiger partial charge in [-0.2, -0.15) is 26.0 Å². The summed E-state index contributed by atoms with van der Waals surface area (Å²) in [5.41, 5.74) is -1.22. The van der Waals surface area contributed by atoms with E-state index in [0.29, 0.717) is 0 Å². The Bertz CT molecular complexity index is 423. The van der Waals surface area contributed by atoms with Crippen molar-refractivity contribution in [3.05, 3.63) is 0 Å². The van der Waals surface area contributed by atoms with Gasteiger partial charge in [-0.1, -0.05) is 0 Å². The molecule has 0 saturated heterocycles. The Labute approximate surface area is 101 Å². The van der Waals surface area contributed by atoms with Crippen molar-refractivity contribution < 1.29 is 40.1 Å². The summed E-state index contributed by atoms with van der Waals surface area (Å²) in [6.07, 6.45) is 0. The SMILES string of the molecule is CC(C)(C)C(=O)OCC(F)(F)C(F)(F)S(=O)(=O)O. The van der Waals surface area contributed by atoms with Crippen molar-refractivity contribution in [1.29, 1.82) is 0 Å². The number of ether oxygens (including phenoxy) is 1. The van der Waals surface area contributed by atoms with Crippen LogP contribution in [0.2, 0.25) is 0 Å². The zero-order valence-electron chi connectivity index (χ0n) is 9.71. The van der Waals surface area contributed by atoms with Crippen LogP contribution in [0, 0.1) is 5.41 Å². The number of halogens is 4. The third-order valence-corrected chi connectivity index (χ3v) is 2.69. The topological polar surface area (TPSA) is 80.7 Å². The van der Waals surface area contributed by atoms with Crippen molar-refractivity contribution >= 4 is 16.1 Å². The van der Waals surface area contributed by atoms with Crippen LogP contribution < -0.4 is 0 Å². The summed E-state index contributed by atoms with van der Waals surface area (Å²) in [6.45, 7) is 1.70. The molecule has 0 aliphatic rings. The van der Waals surface area contributed by atoms with Gasteiger partial charge < -0.3 is 4.74 Å². The molecule has 0 aromatic rings. The normalized spacial score (nSPS) is 14.4. The second-order valence-corrected chi connectivity index (χ2v) is 5.99. The third kappa shape index (κ3) is 3.55. The predicted molar refractivity (Wildman–Crippen MR) is 51.9 cm³/mol. The molecule has 0 aliphatic heterocycles. The van der Waals surface area contributed by atoms with Gasteiger partial charge in [0.1, 0.15) is 0 Å². The fraction of sp³-hybridized carbons (Fsp3) is 0.875. The van der Waals surface area contributed by atoms with Crippen LogP contribution in [-0.2, 0) is 19.6 Å². The lowest BCUT2D eigenvalue weighted by Crippen LogP contribution is -2.50. The van der Waals surface area contributed by atoms with E-state index >= 15 is 0 Å². The Morgan fingerprint density at radius 3 is 1.83 bits per heavy atom. The van der Waals surface area contributed by atoms with E-state index in [4.69, 9.17) is 4.55 Å². The highest BCUT2D eigenvalue weighted by atomic mass is 32.2. The van der Waals surface area contributed by atoms with E-state index < -0.39 is 39.3 Å². The van der Waals surface area contributed by atoms with E-state index in [1.54, 1.807) is 0 Å². The number of hydrogen-bond acceptors (Lipinski definition) is 4. The first-order valence-corrected chi connectivity index (χ1v) is 5.97. The molecular weight excluding hydrogens is 284 g/mol. The Morgan fingerprint density at radius 1 is 1.17 bits per heavy atom. The summed E-state index contributed by atoms with van der Waals surface area (Å²) in [5, 5.41) is -5.74. The minimum atomic E-state index is -6.32. The fourth-order valence-electron chi connectivity index (χ4n) is 0.645. The van der Waals surface area contributed by atoms with Crippen LogP contribution in [0.4, 0.5) is 17.6 Å². The van der Waals surface area contributed by atoms with Crippen molar-refractivity contribution in [2.45, 2.75) is 31.9 Å². The Hall–Kier alpha value is -0.900. The number of rotatable bonds is 4. The second-order valence-electron chi connectivity index (χ2n) is 4.52. The first-order chi connectivity index (χ1) is 7.63. The van der Waals surface area contributed by atoms with Gasteiger partial charge in [-0.25, -0.2) is 0 Å². The first-order valence-electron chi connectivity index (χ1n) is 4.53. The van der Waals surface area contributed by atoms with Gasteiger partial charge in [-0.3, -0.25) is 9.35 Å². The van der Waals surface area contributed by atoms with Crippen LogP contribution >= 0.6 is 0 Å². The quantitative estimate of drug-likeness (QED) is 0.485. The van der Waals surface area contributed by atoms with Crippen LogP contribution in [0.1, 0.15) is 20.8 Å². The minimum Gasteiger partial charge on any atom is -0.459 e. The second kappa shape index (κ2) is 4.65. The number of carbonyl (C=O) groups is 1. The van der Waals surface area contributed by atoms with Crippen molar-refractivity contribution in [3.63, 3.8) is 0 Å². The third-order valence-electron chi connectivity index (χ3n) is 1.75. The molecule has 0 heterocycles. The number of alkyl halides is 4. The molecule has 1 N–H and O–H groups in total.